The lowest BCUT2D eigenvalue weighted by Gasteiger charge is -2.21. The third-order valence-electron chi connectivity index (χ3n) is 2.85. The van der Waals surface area contributed by atoms with Crippen molar-refractivity contribution in [2.24, 2.45) is 5.41 Å². The Hall–Kier alpha value is -1.42. The molecule has 0 spiro atoms. The number of amides is 1. The summed E-state index contributed by atoms with van der Waals surface area (Å²) in [4.78, 5) is 11.7. The van der Waals surface area contributed by atoms with Crippen LogP contribution in [-0.2, 0) is 0 Å². The van der Waals surface area contributed by atoms with E-state index >= 15 is 0 Å². The average molecular weight is 253 g/mol. The van der Waals surface area contributed by atoms with Crippen LogP contribution >= 0.6 is 0 Å². The maximum absolute atomic E-state index is 12.7. The summed E-state index contributed by atoms with van der Waals surface area (Å²) >= 11 is 0. The number of rotatable bonds is 6. The lowest BCUT2D eigenvalue weighted by atomic mass is 9.89. The van der Waals surface area contributed by atoms with Gasteiger partial charge in [-0.15, -0.1) is 0 Å². The SMILES string of the molecule is CC(C)(CO)CCCNC(=O)c1ccc(F)cc1. The van der Waals surface area contributed by atoms with Crippen LogP contribution in [0.25, 0.3) is 0 Å². The Morgan fingerprint density at radius 2 is 1.94 bits per heavy atom. The fourth-order valence-corrected chi connectivity index (χ4v) is 1.55. The summed E-state index contributed by atoms with van der Waals surface area (Å²) in [6.45, 7) is 4.65. The normalized spacial score (nSPS) is 11.3. The second-order valence-electron chi connectivity index (χ2n) is 5.19. The minimum Gasteiger partial charge on any atom is -0.396 e. The molecular formula is C14H20FNO2. The van der Waals surface area contributed by atoms with Crippen molar-refractivity contribution in [3.63, 3.8) is 0 Å². The van der Waals surface area contributed by atoms with Gasteiger partial charge in [-0.2, -0.15) is 0 Å². The monoisotopic (exact) mass is 253 g/mol. The van der Waals surface area contributed by atoms with Gasteiger partial charge in [-0.1, -0.05) is 13.8 Å². The fourth-order valence-electron chi connectivity index (χ4n) is 1.55. The highest BCUT2D eigenvalue weighted by atomic mass is 19.1. The number of carbonyl (C=O) groups excluding carboxylic acids is 1. The summed E-state index contributed by atoms with van der Waals surface area (Å²) in [7, 11) is 0. The van der Waals surface area contributed by atoms with E-state index in [1.54, 1.807) is 0 Å². The van der Waals surface area contributed by atoms with Gasteiger partial charge in [0.25, 0.3) is 5.91 Å². The molecular weight excluding hydrogens is 233 g/mol. The van der Waals surface area contributed by atoms with Gasteiger partial charge in [0.05, 0.1) is 0 Å². The first-order valence-corrected chi connectivity index (χ1v) is 6.09. The van der Waals surface area contributed by atoms with Gasteiger partial charge in [0.2, 0.25) is 0 Å². The first-order chi connectivity index (χ1) is 8.44. The number of halogens is 1. The Bertz CT molecular complexity index is 387. The molecule has 0 aromatic heterocycles. The van der Waals surface area contributed by atoms with E-state index < -0.39 is 0 Å². The van der Waals surface area contributed by atoms with Gasteiger partial charge in [-0.25, -0.2) is 4.39 Å². The highest BCUT2D eigenvalue weighted by Gasteiger charge is 2.15. The van der Waals surface area contributed by atoms with E-state index in [1.165, 1.54) is 24.3 Å². The zero-order chi connectivity index (χ0) is 13.6. The van der Waals surface area contributed by atoms with Crippen molar-refractivity contribution in [2.75, 3.05) is 13.2 Å². The van der Waals surface area contributed by atoms with E-state index in [-0.39, 0.29) is 23.7 Å². The topological polar surface area (TPSA) is 49.3 Å². The van der Waals surface area contributed by atoms with Crippen LogP contribution in [0.4, 0.5) is 4.39 Å². The molecule has 3 nitrogen and oxygen atoms in total. The van der Waals surface area contributed by atoms with Crippen LogP contribution in [0.1, 0.15) is 37.0 Å². The first kappa shape index (κ1) is 14.6. The summed E-state index contributed by atoms with van der Waals surface area (Å²) < 4.78 is 12.7. The van der Waals surface area contributed by atoms with Crippen molar-refractivity contribution in [3.05, 3.63) is 35.6 Å². The van der Waals surface area contributed by atoms with Crippen molar-refractivity contribution in [2.45, 2.75) is 26.7 Å². The number of carbonyl (C=O) groups is 1. The van der Waals surface area contributed by atoms with Crippen molar-refractivity contribution in [1.29, 1.82) is 0 Å². The van der Waals surface area contributed by atoms with E-state index in [2.05, 4.69) is 5.32 Å². The number of hydrogen-bond acceptors (Lipinski definition) is 2. The van der Waals surface area contributed by atoms with E-state index in [0.717, 1.165) is 12.8 Å². The molecule has 2 N–H and O–H groups in total. The number of aliphatic hydroxyl groups excluding tert-OH is 1. The minimum atomic E-state index is -0.351. The second kappa shape index (κ2) is 6.50. The van der Waals surface area contributed by atoms with Gasteiger partial charge < -0.3 is 10.4 Å². The molecule has 1 aromatic carbocycles. The van der Waals surface area contributed by atoms with E-state index in [0.29, 0.717) is 12.1 Å². The molecule has 0 aliphatic carbocycles. The van der Waals surface area contributed by atoms with Crippen molar-refractivity contribution < 1.29 is 14.3 Å². The summed E-state index contributed by atoms with van der Waals surface area (Å²) in [6.07, 6.45) is 1.65. The molecule has 0 saturated carbocycles. The van der Waals surface area contributed by atoms with Crippen molar-refractivity contribution in [1.82, 2.24) is 5.32 Å². The molecule has 4 heteroatoms. The van der Waals surface area contributed by atoms with E-state index in [1.807, 2.05) is 13.8 Å². The Balaban J connectivity index is 2.32. The van der Waals surface area contributed by atoms with Gasteiger partial charge >= 0.3 is 0 Å². The molecule has 0 radical (unpaired) electrons. The highest BCUT2D eigenvalue weighted by Crippen LogP contribution is 2.20. The third-order valence-corrected chi connectivity index (χ3v) is 2.85. The summed E-state index contributed by atoms with van der Waals surface area (Å²) in [5.41, 5.74) is 0.346. The number of benzene rings is 1. The van der Waals surface area contributed by atoms with Crippen LogP contribution < -0.4 is 5.32 Å². The summed E-state index contributed by atoms with van der Waals surface area (Å²) in [6, 6.07) is 5.46. The van der Waals surface area contributed by atoms with Crippen LogP contribution in [0.2, 0.25) is 0 Å². The van der Waals surface area contributed by atoms with Gasteiger partial charge in [-0.3, -0.25) is 4.79 Å². The average Bonchev–Trinajstić information content (AvgIpc) is 2.35. The number of aliphatic hydroxyl groups is 1. The van der Waals surface area contributed by atoms with E-state index in [4.69, 9.17) is 5.11 Å². The standard InChI is InChI=1S/C14H20FNO2/c1-14(2,10-17)8-3-9-16-13(18)11-4-6-12(15)7-5-11/h4-7,17H,3,8-10H2,1-2H3,(H,16,18). The molecule has 0 saturated heterocycles. The summed E-state index contributed by atoms with van der Waals surface area (Å²) in [5.74, 6) is -0.548. The van der Waals surface area contributed by atoms with Gasteiger partial charge in [0.15, 0.2) is 0 Å². The minimum absolute atomic E-state index is 0.111. The molecule has 0 heterocycles. The Morgan fingerprint density at radius 1 is 1.33 bits per heavy atom. The molecule has 0 aliphatic heterocycles. The third kappa shape index (κ3) is 4.84. The lowest BCUT2D eigenvalue weighted by Crippen LogP contribution is -2.26. The van der Waals surface area contributed by atoms with Crippen LogP contribution in [0, 0.1) is 11.2 Å². The molecule has 0 aliphatic rings. The van der Waals surface area contributed by atoms with Gasteiger partial charge in [-0.05, 0) is 42.5 Å². The number of hydrogen-bond donors (Lipinski definition) is 2. The van der Waals surface area contributed by atoms with Gasteiger partial charge in [0, 0.05) is 18.7 Å². The zero-order valence-electron chi connectivity index (χ0n) is 10.9. The van der Waals surface area contributed by atoms with Crippen molar-refractivity contribution in [3.8, 4) is 0 Å². The maximum Gasteiger partial charge on any atom is 0.251 e. The maximum atomic E-state index is 12.7. The van der Waals surface area contributed by atoms with Crippen molar-refractivity contribution >= 4 is 5.91 Å². The molecule has 0 fully saturated rings. The molecule has 0 unspecified atom stereocenters. The number of nitrogens with one attached hydrogen (secondary N) is 1. The Labute approximate surface area is 107 Å². The second-order valence-corrected chi connectivity index (χ2v) is 5.19. The molecule has 0 atom stereocenters. The van der Waals surface area contributed by atoms with Crippen LogP contribution in [0.15, 0.2) is 24.3 Å². The molecule has 1 amide bonds. The predicted octanol–water partition coefficient (Wildman–Crippen LogP) is 2.35. The molecule has 1 rings (SSSR count). The van der Waals surface area contributed by atoms with Crippen LogP contribution in [-0.4, -0.2) is 24.2 Å². The van der Waals surface area contributed by atoms with Crippen LogP contribution in [0.3, 0.4) is 0 Å². The molecule has 18 heavy (non-hydrogen) atoms. The smallest absolute Gasteiger partial charge is 0.251 e. The van der Waals surface area contributed by atoms with Gasteiger partial charge in [0.1, 0.15) is 5.82 Å². The first-order valence-electron chi connectivity index (χ1n) is 6.09. The zero-order valence-corrected chi connectivity index (χ0v) is 10.9. The Morgan fingerprint density at radius 3 is 2.50 bits per heavy atom. The molecule has 100 valence electrons. The predicted molar refractivity (Wildman–Crippen MR) is 68.8 cm³/mol. The Kier molecular flexibility index (Phi) is 5.28. The quantitative estimate of drug-likeness (QED) is 0.765. The van der Waals surface area contributed by atoms with E-state index in [9.17, 15) is 9.18 Å². The molecule has 1 aromatic rings. The highest BCUT2D eigenvalue weighted by molar-refractivity contribution is 5.94. The molecule has 0 bridgehead atoms. The lowest BCUT2D eigenvalue weighted by molar-refractivity contribution is 0.0948. The summed E-state index contributed by atoms with van der Waals surface area (Å²) in [5, 5.41) is 11.9. The van der Waals surface area contributed by atoms with Crippen LogP contribution in [0.5, 0.6) is 0 Å². The largest absolute Gasteiger partial charge is 0.396 e. The fraction of sp³-hybridized carbons (Fsp3) is 0.500.